The number of fused-ring (bicyclic) bond motifs is 2. The standard InChI is InChI=1S/C23H21FN4O2/c1-2-16-13-19(27-26-16)21(29)28-12-11-23(20(28)14-7-9-15(24)10-8-14)17-5-3-4-6-18(17)25-22(23)30/h3-10,13,20H,2,11-12H2,1H3,(H,25,30)(H,26,27). The van der Waals surface area contributed by atoms with Crippen molar-refractivity contribution in [3.8, 4) is 0 Å². The first kappa shape index (κ1) is 18.5. The first-order valence-electron chi connectivity index (χ1n) is 10.1. The maximum Gasteiger partial charge on any atom is 0.274 e. The number of nitrogens with one attached hydrogen (secondary N) is 2. The molecule has 0 saturated carbocycles. The molecule has 3 aromatic rings. The molecular weight excluding hydrogens is 383 g/mol. The van der Waals surface area contributed by atoms with Crippen molar-refractivity contribution in [3.05, 3.63) is 82.9 Å². The van der Waals surface area contributed by atoms with E-state index < -0.39 is 11.5 Å². The van der Waals surface area contributed by atoms with Crippen molar-refractivity contribution in [2.45, 2.75) is 31.2 Å². The second-order valence-corrected chi connectivity index (χ2v) is 7.81. The summed E-state index contributed by atoms with van der Waals surface area (Å²) in [6.07, 6.45) is 1.22. The molecule has 1 saturated heterocycles. The fourth-order valence-electron chi connectivity index (χ4n) is 4.81. The summed E-state index contributed by atoms with van der Waals surface area (Å²) in [5, 5.41) is 10.0. The van der Waals surface area contributed by atoms with Crippen LogP contribution in [0.25, 0.3) is 0 Å². The quantitative estimate of drug-likeness (QED) is 0.700. The molecule has 2 aliphatic heterocycles. The van der Waals surface area contributed by atoms with E-state index >= 15 is 0 Å². The fraction of sp³-hybridized carbons (Fsp3) is 0.261. The summed E-state index contributed by atoms with van der Waals surface area (Å²) in [6.45, 7) is 2.38. The molecule has 2 unspecified atom stereocenters. The summed E-state index contributed by atoms with van der Waals surface area (Å²) in [5.41, 5.74) is 2.62. The molecule has 2 aliphatic rings. The highest BCUT2D eigenvalue weighted by Crippen LogP contribution is 2.54. The van der Waals surface area contributed by atoms with E-state index in [0.29, 0.717) is 18.7 Å². The van der Waals surface area contributed by atoms with E-state index in [4.69, 9.17) is 0 Å². The highest BCUT2D eigenvalue weighted by Gasteiger charge is 2.59. The molecule has 30 heavy (non-hydrogen) atoms. The van der Waals surface area contributed by atoms with Gasteiger partial charge in [-0.15, -0.1) is 0 Å². The van der Waals surface area contributed by atoms with Crippen LogP contribution in [-0.2, 0) is 16.6 Å². The van der Waals surface area contributed by atoms with Crippen molar-refractivity contribution in [2.24, 2.45) is 0 Å². The van der Waals surface area contributed by atoms with E-state index in [0.717, 1.165) is 28.9 Å². The Kier molecular flexibility index (Phi) is 4.20. The molecule has 3 heterocycles. The number of benzene rings is 2. The summed E-state index contributed by atoms with van der Waals surface area (Å²) < 4.78 is 13.6. The third-order valence-corrected chi connectivity index (χ3v) is 6.26. The number of aromatic nitrogens is 2. The van der Waals surface area contributed by atoms with Crippen LogP contribution in [0.3, 0.4) is 0 Å². The van der Waals surface area contributed by atoms with Crippen molar-refractivity contribution >= 4 is 17.5 Å². The molecule has 1 fully saturated rings. The van der Waals surface area contributed by atoms with E-state index in [1.807, 2.05) is 31.2 Å². The van der Waals surface area contributed by atoms with Crippen LogP contribution < -0.4 is 5.32 Å². The number of H-pyrrole nitrogens is 1. The first-order valence-corrected chi connectivity index (χ1v) is 10.1. The number of aromatic amines is 1. The van der Waals surface area contributed by atoms with Gasteiger partial charge in [0.05, 0.1) is 6.04 Å². The predicted molar refractivity (Wildman–Crippen MR) is 110 cm³/mol. The highest BCUT2D eigenvalue weighted by molar-refractivity contribution is 6.08. The van der Waals surface area contributed by atoms with Gasteiger partial charge in [0, 0.05) is 17.9 Å². The molecule has 0 aliphatic carbocycles. The minimum Gasteiger partial charge on any atom is -0.329 e. The van der Waals surface area contributed by atoms with Gasteiger partial charge >= 0.3 is 0 Å². The number of anilines is 1. The lowest BCUT2D eigenvalue weighted by Gasteiger charge is -2.34. The first-order chi connectivity index (χ1) is 14.5. The number of carbonyl (C=O) groups is 2. The van der Waals surface area contributed by atoms with E-state index in [-0.39, 0.29) is 17.6 Å². The van der Waals surface area contributed by atoms with Crippen LogP contribution in [0.15, 0.2) is 54.6 Å². The Morgan fingerprint density at radius 2 is 2.00 bits per heavy atom. The molecule has 152 valence electrons. The van der Waals surface area contributed by atoms with E-state index in [9.17, 15) is 14.0 Å². The number of hydrogen-bond donors (Lipinski definition) is 2. The number of nitrogens with zero attached hydrogens (tertiary/aromatic N) is 2. The van der Waals surface area contributed by atoms with Crippen molar-refractivity contribution < 1.29 is 14.0 Å². The molecule has 7 heteroatoms. The van der Waals surface area contributed by atoms with E-state index in [1.165, 1.54) is 12.1 Å². The Balaban J connectivity index is 1.65. The zero-order valence-electron chi connectivity index (χ0n) is 16.5. The second kappa shape index (κ2) is 6.79. The predicted octanol–water partition coefficient (Wildman–Crippen LogP) is 3.59. The third-order valence-electron chi connectivity index (χ3n) is 6.26. The molecule has 2 aromatic carbocycles. The summed E-state index contributed by atoms with van der Waals surface area (Å²) in [4.78, 5) is 28.4. The van der Waals surface area contributed by atoms with Crippen LogP contribution in [0.4, 0.5) is 10.1 Å². The van der Waals surface area contributed by atoms with Gasteiger partial charge in [0.1, 0.15) is 16.9 Å². The second-order valence-electron chi connectivity index (χ2n) is 7.81. The van der Waals surface area contributed by atoms with Crippen molar-refractivity contribution in [1.82, 2.24) is 15.1 Å². The topological polar surface area (TPSA) is 78.1 Å². The molecular formula is C23H21FN4O2. The lowest BCUT2D eigenvalue weighted by atomic mass is 9.72. The van der Waals surface area contributed by atoms with Gasteiger partial charge in [0.25, 0.3) is 5.91 Å². The Morgan fingerprint density at radius 3 is 2.73 bits per heavy atom. The monoisotopic (exact) mass is 404 g/mol. The molecule has 1 spiro atoms. The normalized spacial score (nSPS) is 22.4. The molecule has 6 nitrogen and oxygen atoms in total. The lowest BCUT2D eigenvalue weighted by Crippen LogP contribution is -2.42. The van der Waals surface area contributed by atoms with Gasteiger partial charge in [-0.2, -0.15) is 5.10 Å². The number of halogens is 1. The lowest BCUT2D eigenvalue weighted by molar-refractivity contribution is -0.121. The van der Waals surface area contributed by atoms with Gasteiger partial charge in [-0.3, -0.25) is 14.7 Å². The summed E-state index contributed by atoms with van der Waals surface area (Å²) >= 11 is 0. The van der Waals surface area contributed by atoms with E-state index in [1.54, 1.807) is 23.1 Å². The van der Waals surface area contributed by atoms with Gasteiger partial charge < -0.3 is 10.2 Å². The average Bonchev–Trinajstić information content (AvgIpc) is 3.46. The van der Waals surface area contributed by atoms with Crippen molar-refractivity contribution in [2.75, 3.05) is 11.9 Å². The SMILES string of the molecule is CCc1cc(C(=O)N2CCC3(C(=O)Nc4ccccc43)C2c2ccc(F)cc2)n[nH]1. The molecule has 2 amide bonds. The zero-order valence-corrected chi connectivity index (χ0v) is 16.5. The maximum atomic E-state index is 13.6. The van der Waals surface area contributed by atoms with E-state index in [2.05, 4.69) is 15.5 Å². The van der Waals surface area contributed by atoms with Crippen molar-refractivity contribution in [3.63, 3.8) is 0 Å². The highest BCUT2D eigenvalue weighted by atomic mass is 19.1. The number of carbonyl (C=O) groups excluding carboxylic acids is 2. The molecule has 0 radical (unpaired) electrons. The number of hydrogen-bond acceptors (Lipinski definition) is 3. The molecule has 2 atom stereocenters. The van der Waals surface area contributed by atoms with Crippen LogP contribution in [0.2, 0.25) is 0 Å². The number of rotatable bonds is 3. The van der Waals surface area contributed by atoms with Gasteiger partial charge in [-0.25, -0.2) is 4.39 Å². The molecule has 1 aromatic heterocycles. The maximum absolute atomic E-state index is 13.6. The van der Waals surface area contributed by atoms with Crippen LogP contribution in [0, 0.1) is 5.82 Å². The van der Waals surface area contributed by atoms with Gasteiger partial charge in [0.15, 0.2) is 0 Å². The Morgan fingerprint density at radius 1 is 1.23 bits per heavy atom. The van der Waals surface area contributed by atoms with Crippen LogP contribution in [0.5, 0.6) is 0 Å². The van der Waals surface area contributed by atoms with Crippen LogP contribution in [-0.4, -0.2) is 33.5 Å². The molecule has 5 rings (SSSR count). The van der Waals surface area contributed by atoms with Gasteiger partial charge in [0.2, 0.25) is 5.91 Å². The molecule has 0 bridgehead atoms. The Labute approximate surface area is 173 Å². The number of amides is 2. The third kappa shape index (κ3) is 2.58. The average molecular weight is 404 g/mol. The van der Waals surface area contributed by atoms with Gasteiger partial charge in [-0.05, 0) is 48.2 Å². The smallest absolute Gasteiger partial charge is 0.274 e. The van der Waals surface area contributed by atoms with Crippen LogP contribution in [0.1, 0.15) is 46.7 Å². The van der Waals surface area contributed by atoms with Gasteiger partial charge in [-0.1, -0.05) is 37.3 Å². The minimum absolute atomic E-state index is 0.135. The summed E-state index contributed by atoms with van der Waals surface area (Å²) in [5.74, 6) is -0.737. The number of para-hydroxylation sites is 1. The number of aryl methyl sites for hydroxylation is 1. The largest absolute Gasteiger partial charge is 0.329 e. The summed E-state index contributed by atoms with van der Waals surface area (Å²) in [7, 11) is 0. The zero-order chi connectivity index (χ0) is 20.9. The molecule has 2 N–H and O–H groups in total. The Hall–Kier alpha value is -3.48. The number of likely N-dealkylation sites (tertiary alicyclic amines) is 1. The van der Waals surface area contributed by atoms with Crippen molar-refractivity contribution in [1.29, 1.82) is 0 Å². The summed E-state index contributed by atoms with van der Waals surface area (Å²) in [6, 6.07) is 14.8. The fourth-order valence-corrected chi connectivity index (χ4v) is 4.81. The van der Waals surface area contributed by atoms with Crippen LogP contribution >= 0.6 is 0 Å². The Bertz CT molecular complexity index is 1140. The minimum atomic E-state index is -0.923.